The molecule has 1 atom stereocenters. The molecule has 4 heterocycles. The van der Waals surface area contributed by atoms with Gasteiger partial charge < -0.3 is 4.98 Å². The van der Waals surface area contributed by atoms with Gasteiger partial charge in [-0.1, -0.05) is 29.8 Å². The van der Waals surface area contributed by atoms with E-state index in [9.17, 15) is 4.79 Å². The van der Waals surface area contributed by atoms with Gasteiger partial charge in [0.1, 0.15) is 0 Å². The number of halogens is 1. The van der Waals surface area contributed by atoms with Crippen LogP contribution in [0.2, 0.25) is 5.02 Å². The van der Waals surface area contributed by atoms with Crippen LogP contribution >= 0.6 is 31.6 Å². The first-order valence-electron chi connectivity index (χ1n) is 12.7. The molecule has 2 fully saturated rings. The summed E-state index contributed by atoms with van der Waals surface area (Å²) in [6, 6.07) is 16.7. The molecule has 3 N–H and O–H groups in total. The zero-order valence-electron chi connectivity index (χ0n) is 20.7. The van der Waals surface area contributed by atoms with E-state index in [2.05, 4.69) is 63.7 Å². The molecule has 6 rings (SSSR count). The Morgan fingerprint density at radius 3 is 2.82 bits per heavy atom. The van der Waals surface area contributed by atoms with Crippen molar-refractivity contribution in [1.82, 2.24) is 19.9 Å². The van der Waals surface area contributed by atoms with E-state index >= 15 is 0 Å². The Morgan fingerprint density at radius 1 is 1.16 bits per heavy atom. The number of H-pyrrole nitrogens is 1. The van der Waals surface area contributed by atoms with Gasteiger partial charge in [-0.3, -0.25) is 0 Å². The molecule has 2 aromatic heterocycles. The number of hydrogen-bond acceptors (Lipinski definition) is 7. The van der Waals surface area contributed by atoms with Crippen LogP contribution in [0.5, 0.6) is 0 Å². The Labute approximate surface area is 238 Å². The molecular formula is C27H28AsClN6OS2. The molecule has 0 saturated carbocycles. The average molecular weight is 627 g/mol. The van der Waals surface area contributed by atoms with Gasteiger partial charge in [0.15, 0.2) is 0 Å². The third-order valence-corrected chi connectivity index (χ3v) is 20.7. The van der Waals surface area contributed by atoms with Crippen molar-refractivity contribution in [3.05, 3.63) is 65.9 Å². The predicted octanol–water partition coefficient (Wildman–Crippen LogP) is 4.97. The Kier molecular flexibility index (Phi) is 8.18. The second-order valence-corrected chi connectivity index (χ2v) is 21.5. The van der Waals surface area contributed by atoms with Crippen LogP contribution in [-0.4, -0.2) is 75.3 Å². The minimum absolute atomic E-state index is 0.0187. The average Bonchev–Trinajstić information content (AvgIpc) is 3.61. The van der Waals surface area contributed by atoms with Crippen molar-refractivity contribution >= 4 is 76.8 Å². The van der Waals surface area contributed by atoms with Crippen molar-refractivity contribution in [3.8, 4) is 11.3 Å². The molecule has 2 aliphatic rings. The van der Waals surface area contributed by atoms with Gasteiger partial charge in [-0.2, -0.15) is 0 Å². The number of piperidine rings is 1. The first-order chi connectivity index (χ1) is 18.6. The van der Waals surface area contributed by atoms with E-state index in [1.807, 2.05) is 36.5 Å². The number of nitrogens with zero attached hydrogens (tertiary/aromatic N) is 3. The molecule has 0 aliphatic carbocycles. The number of nitrogens with one attached hydrogen (secondary N) is 3. The Hall–Kier alpha value is -2.16. The number of hydrogen-bond donors (Lipinski definition) is 3. The number of rotatable bonds is 7. The molecule has 2 aromatic carbocycles. The quantitative estimate of drug-likeness (QED) is 0.250. The van der Waals surface area contributed by atoms with Crippen molar-refractivity contribution in [3.63, 3.8) is 0 Å². The predicted molar refractivity (Wildman–Crippen MR) is 163 cm³/mol. The number of aromatic nitrogens is 3. The summed E-state index contributed by atoms with van der Waals surface area (Å²) in [5, 5.41) is 8.14. The zero-order valence-corrected chi connectivity index (χ0v) is 25.0. The summed E-state index contributed by atoms with van der Waals surface area (Å²) in [4.78, 5) is 27.5. The summed E-state index contributed by atoms with van der Waals surface area (Å²) >= 11 is 5.52. The third-order valence-electron chi connectivity index (χ3n) is 6.66. The second kappa shape index (κ2) is 11.9. The SMILES string of the molecule is O=C(CN1CCCC(Nc2ncc(Cl)c(-c3c[nH]c4ccccc34)n2)C1)Nc1ccc([As]2SCCS2)cc1. The summed E-state index contributed by atoms with van der Waals surface area (Å²) in [6.07, 6.45) is 5.59. The van der Waals surface area contributed by atoms with Crippen molar-refractivity contribution < 1.29 is 4.79 Å². The van der Waals surface area contributed by atoms with Crippen LogP contribution < -0.4 is 15.0 Å². The number of carbonyl (C=O) groups is 1. The van der Waals surface area contributed by atoms with Gasteiger partial charge in [0.05, 0.1) is 16.9 Å². The van der Waals surface area contributed by atoms with E-state index in [1.54, 1.807) is 6.20 Å². The van der Waals surface area contributed by atoms with Crippen LogP contribution in [0.3, 0.4) is 0 Å². The van der Waals surface area contributed by atoms with Crippen LogP contribution in [0.25, 0.3) is 22.2 Å². The molecule has 196 valence electrons. The monoisotopic (exact) mass is 626 g/mol. The molecule has 0 radical (unpaired) electrons. The van der Waals surface area contributed by atoms with Crippen molar-refractivity contribution in [1.29, 1.82) is 0 Å². The van der Waals surface area contributed by atoms with Crippen molar-refractivity contribution in [2.24, 2.45) is 0 Å². The van der Waals surface area contributed by atoms with E-state index in [-0.39, 0.29) is 11.9 Å². The van der Waals surface area contributed by atoms with E-state index in [0.717, 1.165) is 48.1 Å². The molecule has 1 amide bonds. The normalized spacial score (nSPS) is 18.6. The van der Waals surface area contributed by atoms with E-state index in [1.165, 1.54) is 15.9 Å². The summed E-state index contributed by atoms with van der Waals surface area (Å²) in [5.41, 5.74) is 3.56. The minimum atomic E-state index is -0.980. The third kappa shape index (κ3) is 6.02. The van der Waals surface area contributed by atoms with E-state index in [0.29, 0.717) is 23.2 Å². The van der Waals surface area contributed by atoms with Gasteiger partial charge in [0.2, 0.25) is 0 Å². The molecule has 11 heteroatoms. The van der Waals surface area contributed by atoms with Gasteiger partial charge in [-0.25, -0.2) is 9.97 Å². The number of para-hydroxylation sites is 1. The molecule has 0 bridgehead atoms. The molecule has 2 aliphatic heterocycles. The van der Waals surface area contributed by atoms with E-state index < -0.39 is 12.3 Å². The molecule has 7 nitrogen and oxygen atoms in total. The fraction of sp³-hybridized carbons (Fsp3) is 0.296. The number of fused-ring (bicyclic) bond motifs is 1. The standard InChI is InChI=1S/C27H28AsClN6OS2/c29-23-15-31-27(34-26(23)22-14-30-24-6-2-1-5-21(22)24)33-20-4-3-11-35(16-20)17-25(36)32-19-9-7-18(8-10-19)28-37-12-13-38-28/h1-2,5-10,14-15,20,30H,3-4,11-13,16-17H2,(H,32,36)(H,31,33,34). The maximum atomic E-state index is 12.8. The first-order valence-corrected chi connectivity index (χ1v) is 20.5. The van der Waals surface area contributed by atoms with Gasteiger partial charge in [0.25, 0.3) is 0 Å². The van der Waals surface area contributed by atoms with Gasteiger partial charge in [0, 0.05) is 22.7 Å². The molecular weight excluding hydrogens is 599 g/mol. The fourth-order valence-electron chi connectivity index (χ4n) is 4.89. The van der Waals surface area contributed by atoms with Crippen LogP contribution in [0.4, 0.5) is 11.6 Å². The number of benzene rings is 2. The summed E-state index contributed by atoms with van der Waals surface area (Å²) in [5.74, 6) is 3.10. The van der Waals surface area contributed by atoms with Gasteiger partial charge in [-0.15, -0.1) is 0 Å². The molecule has 4 aromatic rings. The van der Waals surface area contributed by atoms with Crippen LogP contribution in [-0.2, 0) is 4.79 Å². The maximum absolute atomic E-state index is 12.8. The van der Waals surface area contributed by atoms with Crippen LogP contribution in [0.15, 0.2) is 60.9 Å². The Balaban J connectivity index is 1.06. The number of anilines is 2. The fourth-order valence-corrected chi connectivity index (χ4v) is 19.2. The number of aromatic amines is 1. The summed E-state index contributed by atoms with van der Waals surface area (Å²) < 4.78 is 1.46. The topological polar surface area (TPSA) is 85.9 Å². The second-order valence-electron chi connectivity index (χ2n) is 9.38. The molecule has 2 saturated heterocycles. The van der Waals surface area contributed by atoms with Crippen molar-refractivity contribution in [2.75, 3.05) is 41.8 Å². The number of likely N-dealkylation sites (tertiary alicyclic amines) is 1. The zero-order chi connectivity index (χ0) is 25.9. The van der Waals surface area contributed by atoms with Gasteiger partial charge in [-0.05, 0) is 6.07 Å². The van der Waals surface area contributed by atoms with Crippen LogP contribution in [0, 0.1) is 0 Å². The Bertz CT molecular complexity index is 1430. The summed E-state index contributed by atoms with van der Waals surface area (Å²) in [7, 11) is 4.26. The Morgan fingerprint density at radius 2 is 1.97 bits per heavy atom. The summed E-state index contributed by atoms with van der Waals surface area (Å²) in [6.45, 7) is 2.02. The molecule has 1 unspecified atom stereocenters. The molecule has 38 heavy (non-hydrogen) atoms. The van der Waals surface area contributed by atoms with Gasteiger partial charge >= 0.3 is 149 Å². The van der Waals surface area contributed by atoms with Crippen molar-refractivity contribution in [2.45, 2.75) is 18.9 Å². The first kappa shape index (κ1) is 26.1. The van der Waals surface area contributed by atoms with E-state index in [4.69, 9.17) is 16.6 Å². The number of carbonyl (C=O) groups excluding carboxylic acids is 1. The van der Waals surface area contributed by atoms with Crippen LogP contribution in [0.1, 0.15) is 12.8 Å². The molecule has 0 spiro atoms. The number of amides is 1.